The standard InChI is InChI=1S/C14H11BrF2N2O/c1-7-4-12(17)13(6-11(7)16)19-14(20)9-5-8(18)2-3-10(9)15/h2-6H,18H2,1H3,(H,19,20). The largest absolute Gasteiger partial charge is 0.399 e. The molecule has 0 bridgehead atoms. The van der Waals surface area contributed by atoms with Gasteiger partial charge in [-0.1, -0.05) is 0 Å². The molecule has 2 aromatic rings. The van der Waals surface area contributed by atoms with E-state index in [4.69, 9.17) is 5.73 Å². The third-order valence-corrected chi connectivity index (χ3v) is 3.42. The van der Waals surface area contributed by atoms with E-state index in [9.17, 15) is 13.6 Å². The molecule has 0 aliphatic carbocycles. The van der Waals surface area contributed by atoms with Crippen molar-refractivity contribution in [3.05, 3.63) is 57.6 Å². The zero-order chi connectivity index (χ0) is 14.9. The van der Waals surface area contributed by atoms with Crippen LogP contribution in [0.1, 0.15) is 15.9 Å². The quantitative estimate of drug-likeness (QED) is 0.815. The molecule has 0 saturated heterocycles. The average Bonchev–Trinajstić information content (AvgIpc) is 2.38. The number of nitrogens with two attached hydrogens (primary N) is 1. The van der Waals surface area contributed by atoms with E-state index in [1.807, 2.05) is 0 Å². The van der Waals surface area contributed by atoms with Crippen LogP contribution >= 0.6 is 15.9 Å². The minimum absolute atomic E-state index is 0.172. The zero-order valence-electron chi connectivity index (χ0n) is 10.5. The summed E-state index contributed by atoms with van der Waals surface area (Å²) in [6, 6.07) is 6.65. The number of carbonyl (C=O) groups is 1. The van der Waals surface area contributed by atoms with Crippen LogP contribution in [-0.2, 0) is 0 Å². The first-order valence-corrected chi connectivity index (χ1v) is 6.50. The molecule has 0 saturated carbocycles. The highest BCUT2D eigenvalue weighted by atomic mass is 79.9. The molecule has 6 heteroatoms. The van der Waals surface area contributed by atoms with Crippen molar-refractivity contribution in [2.75, 3.05) is 11.1 Å². The second-order valence-electron chi connectivity index (χ2n) is 4.27. The molecule has 2 aromatic carbocycles. The van der Waals surface area contributed by atoms with Gasteiger partial charge in [-0.05, 0) is 52.7 Å². The van der Waals surface area contributed by atoms with E-state index in [-0.39, 0.29) is 16.8 Å². The third kappa shape index (κ3) is 2.96. The van der Waals surface area contributed by atoms with Crippen LogP contribution in [0.3, 0.4) is 0 Å². The van der Waals surface area contributed by atoms with Crippen molar-refractivity contribution in [3.63, 3.8) is 0 Å². The van der Waals surface area contributed by atoms with E-state index in [1.54, 1.807) is 12.1 Å². The van der Waals surface area contributed by atoms with Gasteiger partial charge in [0.15, 0.2) is 0 Å². The summed E-state index contributed by atoms with van der Waals surface area (Å²) in [5, 5.41) is 2.32. The van der Waals surface area contributed by atoms with Crippen molar-refractivity contribution < 1.29 is 13.6 Å². The van der Waals surface area contributed by atoms with Crippen molar-refractivity contribution >= 4 is 33.2 Å². The van der Waals surface area contributed by atoms with Gasteiger partial charge in [-0.2, -0.15) is 0 Å². The van der Waals surface area contributed by atoms with E-state index in [2.05, 4.69) is 21.2 Å². The molecule has 0 fully saturated rings. The molecule has 0 atom stereocenters. The maximum atomic E-state index is 13.7. The van der Waals surface area contributed by atoms with E-state index < -0.39 is 17.5 Å². The van der Waals surface area contributed by atoms with Gasteiger partial charge in [0.05, 0.1) is 11.3 Å². The molecule has 3 nitrogen and oxygen atoms in total. The number of nitrogens with one attached hydrogen (secondary N) is 1. The molecule has 0 aliphatic rings. The molecule has 20 heavy (non-hydrogen) atoms. The Morgan fingerprint density at radius 3 is 2.60 bits per heavy atom. The molecule has 0 radical (unpaired) electrons. The monoisotopic (exact) mass is 340 g/mol. The van der Waals surface area contributed by atoms with E-state index in [0.717, 1.165) is 12.1 Å². The maximum Gasteiger partial charge on any atom is 0.256 e. The number of hydrogen-bond acceptors (Lipinski definition) is 2. The van der Waals surface area contributed by atoms with Gasteiger partial charge in [-0.15, -0.1) is 0 Å². The lowest BCUT2D eigenvalue weighted by Gasteiger charge is -2.09. The number of anilines is 2. The van der Waals surface area contributed by atoms with Gasteiger partial charge in [0.1, 0.15) is 11.6 Å². The smallest absolute Gasteiger partial charge is 0.256 e. The predicted octanol–water partition coefficient (Wildman–Crippen LogP) is 3.87. The first-order chi connectivity index (χ1) is 9.38. The molecule has 0 unspecified atom stereocenters. The highest BCUT2D eigenvalue weighted by Gasteiger charge is 2.14. The molecule has 0 heterocycles. The molecule has 2 rings (SSSR count). The van der Waals surface area contributed by atoms with Crippen LogP contribution in [0.4, 0.5) is 20.2 Å². The van der Waals surface area contributed by atoms with Crippen LogP contribution in [0, 0.1) is 18.6 Å². The summed E-state index contributed by atoms with van der Waals surface area (Å²) in [6.45, 7) is 1.44. The summed E-state index contributed by atoms with van der Waals surface area (Å²) in [5.41, 5.74) is 6.19. The van der Waals surface area contributed by atoms with Crippen LogP contribution in [0.15, 0.2) is 34.8 Å². The van der Waals surface area contributed by atoms with Crippen molar-refractivity contribution in [1.29, 1.82) is 0 Å². The normalized spacial score (nSPS) is 10.4. The van der Waals surface area contributed by atoms with Crippen LogP contribution in [-0.4, -0.2) is 5.91 Å². The number of benzene rings is 2. The Morgan fingerprint density at radius 1 is 1.20 bits per heavy atom. The van der Waals surface area contributed by atoms with Gasteiger partial charge in [-0.3, -0.25) is 4.79 Å². The van der Waals surface area contributed by atoms with Gasteiger partial charge in [0.2, 0.25) is 0 Å². The van der Waals surface area contributed by atoms with Gasteiger partial charge in [0.25, 0.3) is 5.91 Å². The highest BCUT2D eigenvalue weighted by molar-refractivity contribution is 9.10. The van der Waals surface area contributed by atoms with E-state index >= 15 is 0 Å². The third-order valence-electron chi connectivity index (χ3n) is 2.73. The maximum absolute atomic E-state index is 13.7. The molecule has 1 amide bonds. The summed E-state index contributed by atoms with van der Waals surface area (Å²) >= 11 is 3.20. The lowest BCUT2D eigenvalue weighted by atomic mass is 10.1. The molecule has 0 aromatic heterocycles. The average molecular weight is 341 g/mol. The van der Waals surface area contributed by atoms with Crippen molar-refractivity contribution in [1.82, 2.24) is 0 Å². The van der Waals surface area contributed by atoms with Gasteiger partial charge in [0, 0.05) is 16.2 Å². The van der Waals surface area contributed by atoms with Crippen LogP contribution in [0.25, 0.3) is 0 Å². The Bertz CT molecular complexity index is 689. The van der Waals surface area contributed by atoms with Gasteiger partial charge in [-0.25, -0.2) is 8.78 Å². The second kappa shape index (κ2) is 5.58. The van der Waals surface area contributed by atoms with E-state index in [1.165, 1.54) is 13.0 Å². The molecular weight excluding hydrogens is 330 g/mol. The SMILES string of the molecule is Cc1cc(F)c(NC(=O)c2cc(N)ccc2Br)cc1F. The Labute approximate surface area is 122 Å². The van der Waals surface area contributed by atoms with Crippen molar-refractivity contribution in [2.45, 2.75) is 6.92 Å². The summed E-state index contributed by atoms with van der Waals surface area (Å²) < 4.78 is 27.6. The van der Waals surface area contributed by atoms with Crippen molar-refractivity contribution in [3.8, 4) is 0 Å². The minimum atomic E-state index is -0.697. The molecule has 0 spiro atoms. The number of rotatable bonds is 2. The minimum Gasteiger partial charge on any atom is -0.399 e. The molecule has 104 valence electrons. The second-order valence-corrected chi connectivity index (χ2v) is 5.13. The summed E-state index contributed by atoms with van der Waals surface area (Å²) in [6.07, 6.45) is 0. The summed E-state index contributed by atoms with van der Waals surface area (Å²) in [7, 11) is 0. The summed E-state index contributed by atoms with van der Waals surface area (Å²) in [5.74, 6) is -1.86. The number of nitrogen functional groups attached to an aromatic ring is 1. The first kappa shape index (κ1) is 14.5. The Morgan fingerprint density at radius 2 is 1.90 bits per heavy atom. The lowest BCUT2D eigenvalue weighted by Crippen LogP contribution is -2.14. The fourth-order valence-corrected chi connectivity index (χ4v) is 2.08. The topological polar surface area (TPSA) is 55.1 Å². The van der Waals surface area contributed by atoms with Gasteiger partial charge < -0.3 is 11.1 Å². The molecule has 0 aliphatic heterocycles. The van der Waals surface area contributed by atoms with Crippen molar-refractivity contribution in [2.24, 2.45) is 0 Å². The zero-order valence-corrected chi connectivity index (χ0v) is 12.1. The first-order valence-electron chi connectivity index (χ1n) is 5.70. The number of aryl methyl sites for hydroxylation is 1. The number of carbonyl (C=O) groups excluding carboxylic acids is 1. The molecular formula is C14H11BrF2N2O. The fourth-order valence-electron chi connectivity index (χ4n) is 1.65. The molecule has 3 N–H and O–H groups in total. The lowest BCUT2D eigenvalue weighted by molar-refractivity contribution is 0.102. The highest BCUT2D eigenvalue weighted by Crippen LogP contribution is 2.23. The summed E-state index contributed by atoms with van der Waals surface area (Å²) in [4.78, 5) is 12.0. The number of amides is 1. The number of halogens is 3. The van der Waals surface area contributed by atoms with Crippen LogP contribution in [0.5, 0.6) is 0 Å². The Kier molecular flexibility index (Phi) is 4.04. The Hall–Kier alpha value is -1.95. The fraction of sp³-hybridized carbons (Fsp3) is 0.0714. The van der Waals surface area contributed by atoms with Crippen LogP contribution in [0.2, 0.25) is 0 Å². The van der Waals surface area contributed by atoms with Crippen LogP contribution < -0.4 is 11.1 Å². The predicted molar refractivity (Wildman–Crippen MR) is 77.6 cm³/mol. The van der Waals surface area contributed by atoms with Gasteiger partial charge >= 0.3 is 0 Å². The number of hydrogen-bond donors (Lipinski definition) is 2. The van der Waals surface area contributed by atoms with E-state index in [0.29, 0.717) is 10.2 Å². The Balaban J connectivity index is 2.32.